The fourth-order valence-electron chi connectivity index (χ4n) is 1.35. The lowest BCUT2D eigenvalue weighted by Gasteiger charge is -2.04. The number of rotatable bonds is 6. The zero-order chi connectivity index (χ0) is 13.5. The third-order valence-corrected chi connectivity index (χ3v) is 2.24. The van der Waals surface area contributed by atoms with Gasteiger partial charge in [-0.2, -0.15) is 4.39 Å². The number of amides is 1. The van der Waals surface area contributed by atoms with E-state index in [1.165, 1.54) is 6.07 Å². The summed E-state index contributed by atoms with van der Waals surface area (Å²) in [5.74, 6) is -1.28. The molecule has 0 spiro atoms. The van der Waals surface area contributed by atoms with Gasteiger partial charge in [0.25, 0.3) is 0 Å². The van der Waals surface area contributed by atoms with Crippen LogP contribution >= 0.6 is 0 Å². The minimum atomic E-state index is -0.946. The summed E-state index contributed by atoms with van der Waals surface area (Å²) in [5.41, 5.74) is -0.500. The number of hydrogen-bond donors (Lipinski definition) is 2. The first-order valence-electron chi connectivity index (χ1n) is 5.39. The number of nitrogens with one attached hydrogen (secondary N) is 1. The average molecular weight is 256 g/mol. The van der Waals surface area contributed by atoms with Crippen molar-refractivity contribution in [2.75, 3.05) is 11.9 Å². The maximum Gasteiger partial charge on any atom is 0.306 e. The lowest BCUT2D eigenvalue weighted by atomic mass is 10.2. The van der Waals surface area contributed by atoms with Gasteiger partial charge in [0.15, 0.2) is 0 Å². The normalized spacial score (nSPS) is 10.1. The van der Waals surface area contributed by atoms with Crippen LogP contribution in [0.15, 0.2) is 18.2 Å². The highest BCUT2D eigenvalue weighted by molar-refractivity contribution is 5.90. The molecule has 1 aromatic rings. The number of nitro benzene ring substituents is 1. The number of carbonyl (C=O) groups is 1. The van der Waals surface area contributed by atoms with Gasteiger partial charge in [-0.05, 0) is 25.0 Å². The number of benzene rings is 1. The maximum atomic E-state index is 13.0. The van der Waals surface area contributed by atoms with Crippen LogP contribution in [0.4, 0.5) is 15.8 Å². The summed E-state index contributed by atoms with van der Waals surface area (Å²) in [5, 5.41) is 21.5. The first kappa shape index (κ1) is 14.0. The van der Waals surface area contributed by atoms with E-state index in [0.717, 1.165) is 12.1 Å². The Kier molecular flexibility index (Phi) is 5.19. The van der Waals surface area contributed by atoms with Crippen molar-refractivity contribution in [1.29, 1.82) is 0 Å². The molecule has 18 heavy (non-hydrogen) atoms. The minimum absolute atomic E-state index is 0.00923. The van der Waals surface area contributed by atoms with Gasteiger partial charge in [-0.15, -0.1) is 0 Å². The quantitative estimate of drug-likeness (QED) is 0.461. The van der Waals surface area contributed by atoms with Crippen LogP contribution in [0, 0.1) is 15.9 Å². The van der Waals surface area contributed by atoms with Crippen molar-refractivity contribution >= 4 is 17.3 Å². The van der Waals surface area contributed by atoms with Crippen LogP contribution in [0.1, 0.15) is 19.3 Å². The Morgan fingerprint density at radius 2 is 2.17 bits per heavy atom. The van der Waals surface area contributed by atoms with Gasteiger partial charge in [0.2, 0.25) is 11.7 Å². The molecule has 0 aliphatic carbocycles. The third kappa shape index (κ3) is 4.10. The second-order valence-electron chi connectivity index (χ2n) is 3.65. The van der Waals surface area contributed by atoms with Gasteiger partial charge in [0, 0.05) is 24.8 Å². The molecule has 0 aliphatic rings. The Balaban J connectivity index is 2.65. The first-order valence-corrected chi connectivity index (χ1v) is 5.39. The van der Waals surface area contributed by atoms with Crippen LogP contribution in [0.2, 0.25) is 0 Å². The maximum absolute atomic E-state index is 13.0. The largest absolute Gasteiger partial charge is 0.396 e. The second kappa shape index (κ2) is 6.65. The van der Waals surface area contributed by atoms with Crippen LogP contribution < -0.4 is 5.32 Å². The van der Waals surface area contributed by atoms with Gasteiger partial charge in [0.1, 0.15) is 0 Å². The topological polar surface area (TPSA) is 92.5 Å². The summed E-state index contributed by atoms with van der Waals surface area (Å²) in [6, 6.07) is 3.16. The van der Waals surface area contributed by atoms with Crippen molar-refractivity contribution in [3.63, 3.8) is 0 Å². The van der Waals surface area contributed by atoms with Crippen LogP contribution in [0.5, 0.6) is 0 Å². The van der Waals surface area contributed by atoms with Crippen molar-refractivity contribution in [3.05, 3.63) is 34.1 Å². The highest BCUT2D eigenvalue weighted by atomic mass is 19.1. The first-order chi connectivity index (χ1) is 8.54. The van der Waals surface area contributed by atoms with Crippen molar-refractivity contribution < 1.29 is 19.2 Å². The van der Waals surface area contributed by atoms with E-state index in [1.807, 2.05) is 0 Å². The van der Waals surface area contributed by atoms with E-state index in [1.54, 1.807) is 0 Å². The van der Waals surface area contributed by atoms with Crippen molar-refractivity contribution in [2.24, 2.45) is 0 Å². The van der Waals surface area contributed by atoms with E-state index < -0.39 is 16.4 Å². The summed E-state index contributed by atoms with van der Waals surface area (Å²) in [6.45, 7) is 0.00923. The van der Waals surface area contributed by atoms with Gasteiger partial charge in [-0.3, -0.25) is 14.9 Å². The van der Waals surface area contributed by atoms with E-state index in [9.17, 15) is 19.3 Å². The van der Waals surface area contributed by atoms with Crippen LogP contribution in [-0.4, -0.2) is 22.5 Å². The molecule has 7 heteroatoms. The highest BCUT2D eigenvalue weighted by Gasteiger charge is 2.15. The molecule has 0 aromatic heterocycles. The molecule has 0 atom stereocenters. The summed E-state index contributed by atoms with van der Waals surface area (Å²) in [6.07, 6.45) is 1.23. The number of aliphatic hydroxyl groups excluding tert-OH is 1. The number of nitro groups is 1. The zero-order valence-corrected chi connectivity index (χ0v) is 9.56. The number of anilines is 1. The summed E-state index contributed by atoms with van der Waals surface area (Å²) in [7, 11) is 0. The zero-order valence-electron chi connectivity index (χ0n) is 9.56. The fraction of sp³-hybridized carbons (Fsp3) is 0.364. The minimum Gasteiger partial charge on any atom is -0.396 e. The van der Waals surface area contributed by atoms with Gasteiger partial charge >= 0.3 is 5.69 Å². The lowest BCUT2D eigenvalue weighted by molar-refractivity contribution is -0.387. The Bertz CT molecular complexity index is 451. The number of carbonyl (C=O) groups excluding carboxylic acids is 1. The Morgan fingerprint density at radius 3 is 2.78 bits per heavy atom. The van der Waals surface area contributed by atoms with Gasteiger partial charge in [-0.25, -0.2) is 0 Å². The predicted molar refractivity (Wildman–Crippen MR) is 62.6 cm³/mol. The Hall–Kier alpha value is -2.02. The Labute approximate surface area is 103 Å². The fourth-order valence-corrected chi connectivity index (χ4v) is 1.35. The third-order valence-electron chi connectivity index (χ3n) is 2.24. The molecule has 0 fully saturated rings. The lowest BCUT2D eigenvalue weighted by Crippen LogP contribution is -2.11. The SMILES string of the molecule is O=C(CCCCO)Nc1ccc(F)c([N+](=O)[O-])c1. The molecule has 0 radical (unpaired) electrons. The summed E-state index contributed by atoms with van der Waals surface area (Å²) < 4.78 is 13.0. The molecule has 98 valence electrons. The second-order valence-corrected chi connectivity index (χ2v) is 3.65. The predicted octanol–water partition coefficient (Wildman–Crippen LogP) is 1.83. The number of nitrogens with zero attached hydrogens (tertiary/aromatic N) is 1. The molecule has 0 saturated heterocycles. The molecule has 0 unspecified atom stereocenters. The van der Waals surface area contributed by atoms with Crippen LogP contribution in [0.3, 0.4) is 0 Å². The summed E-state index contributed by atoms with van der Waals surface area (Å²) in [4.78, 5) is 21.0. The van der Waals surface area contributed by atoms with Crippen LogP contribution in [-0.2, 0) is 4.79 Å². The average Bonchev–Trinajstić information content (AvgIpc) is 2.31. The molecule has 0 aliphatic heterocycles. The van der Waals surface area contributed by atoms with E-state index in [4.69, 9.17) is 5.11 Å². The van der Waals surface area contributed by atoms with E-state index in [2.05, 4.69) is 5.32 Å². The molecule has 0 saturated carbocycles. The van der Waals surface area contributed by atoms with Gasteiger partial charge in [0.05, 0.1) is 4.92 Å². The molecule has 6 nitrogen and oxygen atoms in total. The standard InChI is InChI=1S/C11H13FN2O4/c12-9-5-4-8(7-10(9)14(17)18)13-11(16)3-1-2-6-15/h4-5,7,15H,1-3,6H2,(H,13,16). The monoisotopic (exact) mass is 256 g/mol. The highest BCUT2D eigenvalue weighted by Crippen LogP contribution is 2.21. The number of hydrogen-bond acceptors (Lipinski definition) is 4. The number of unbranched alkanes of at least 4 members (excludes halogenated alkanes) is 1. The van der Waals surface area contributed by atoms with Crippen molar-refractivity contribution in [3.8, 4) is 0 Å². The molecule has 0 heterocycles. The molecule has 1 rings (SSSR count). The van der Waals surface area contributed by atoms with E-state index in [0.29, 0.717) is 12.8 Å². The summed E-state index contributed by atoms with van der Waals surface area (Å²) >= 11 is 0. The molecule has 1 amide bonds. The smallest absolute Gasteiger partial charge is 0.306 e. The molecule has 0 bridgehead atoms. The van der Waals surface area contributed by atoms with Crippen molar-refractivity contribution in [2.45, 2.75) is 19.3 Å². The molecular formula is C11H13FN2O4. The van der Waals surface area contributed by atoms with Gasteiger partial charge in [-0.1, -0.05) is 0 Å². The molecule has 2 N–H and O–H groups in total. The van der Waals surface area contributed by atoms with Crippen molar-refractivity contribution in [1.82, 2.24) is 0 Å². The van der Waals surface area contributed by atoms with E-state index in [-0.39, 0.29) is 24.6 Å². The van der Waals surface area contributed by atoms with Gasteiger partial charge < -0.3 is 10.4 Å². The Morgan fingerprint density at radius 1 is 1.44 bits per heavy atom. The molecule has 1 aromatic carbocycles. The molecular weight excluding hydrogens is 243 g/mol. The number of halogens is 1. The number of aliphatic hydroxyl groups is 1. The van der Waals surface area contributed by atoms with E-state index >= 15 is 0 Å². The van der Waals surface area contributed by atoms with Crippen LogP contribution in [0.25, 0.3) is 0 Å².